The van der Waals surface area contributed by atoms with Gasteiger partial charge in [-0.2, -0.15) is 0 Å². The van der Waals surface area contributed by atoms with E-state index in [1.807, 2.05) is 13.0 Å². The number of methoxy groups -OCH3 is 1. The van der Waals surface area contributed by atoms with Crippen molar-refractivity contribution in [3.63, 3.8) is 0 Å². The van der Waals surface area contributed by atoms with Crippen LogP contribution in [0.4, 0.5) is 0 Å². The summed E-state index contributed by atoms with van der Waals surface area (Å²) in [6.07, 6.45) is 0. The molecule has 2 aromatic carbocycles. The predicted octanol–water partition coefficient (Wildman–Crippen LogP) is 3.75. The van der Waals surface area contributed by atoms with Gasteiger partial charge in [-0.05, 0) is 42.3 Å². The van der Waals surface area contributed by atoms with Crippen LogP contribution in [0.1, 0.15) is 34.5 Å². The number of ether oxygens (including phenoxy) is 1. The van der Waals surface area contributed by atoms with Gasteiger partial charge in [-0.15, -0.1) is 0 Å². The molecular weight excluding hydrogens is 375 g/mol. The van der Waals surface area contributed by atoms with Gasteiger partial charge in [-0.3, -0.25) is 4.79 Å². The molecule has 0 heterocycles. The zero-order valence-corrected chi connectivity index (χ0v) is 16.0. The van der Waals surface area contributed by atoms with E-state index in [9.17, 15) is 9.59 Å². The van der Waals surface area contributed by atoms with Crippen LogP contribution in [0, 0.1) is 0 Å². The van der Waals surface area contributed by atoms with Gasteiger partial charge in [0.2, 0.25) is 5.91 Å². The minimum absolute atomic E-state index is 0.0927. The van der Waals surface area contributed by atoms with Crippen LogP contribution in [0.2, 0.25) is 10.0 Å². The van der Waals surface area contributed by atoms with Gasteiger partial charge in [0.15, 0.2) is 0 Å². The lowest BCUT2D eigenvalue weighted by atomic mass is 10.1. The Balaban J connectivity index is 1.80. The second kappa shape index (κ2) is 9.57. The summed E-state index contributed by atoms with van der Waals surface area (Å²) >= 11 is 12.1. The van der Waals surface area contributed by atoms with Crippen LogP contribution in [0.3, 0.4) is 0 Å². The molecular formula is C19H20Cl2N2O3. The highest BCUT2D eigenvalue weighted by Gasteiger charge is 2.11. The third-order valence-electron chi connectivity index (χ3n) is 3.86. The van der Waals surface area contributed by atoms with Crippen LogP contribution in [-0.4, -0.2) is 25.5 Å². The number of carbonyl (C=O) groups excluding carboxylic acids is 2. The first kappa shape index (κ1) is 20.2. The summed E-state index contributed by atoms with van der Waals surface area (Å²) in [6, 6.07) is 12.1. The molecule has 2 rings (SSSR count). The van der Waals surface area contributed by atoms with Crippen molar-refractivity contribution in [3.05, 3.63) is 69.2 Å². The molecule has 0 fully saturated rings. The van der Waals surface area contributed by atoms with E-state index in [0.29, 0.717) is 22.2 Å². The SMILES string of the molecule is COC(=O)c1ccc(CNC(=O)CN[C@H](C)c2ccc(Cl)cc2Cl)cc1. The third kappa shape index (κ3) is 5.73. The molecule has 2 aromatic rings. The fourth-order valence-electron chi connectivity index (χ4n) is 2.35. The lowest BCUT2D eigenvalue weighted by Crippen LogP contribution is -2.34. The quantitative estimate of drug-likeness (QED) is 0.701. The minimum Gasteiger partial charge on any atom is -0.465 e. The topological polar surface area (TPSA) is 67.4 Å². The van der Waals surface area contributed by atoms with Gasteiger partial charge in [0.1, 0.15) is 0 Å². The molecule has 0 aliphatic rings. The Hall–Kier alpha value is -2.08. The van der Waals surface area contributed by atoms with E-state index in [1.165, 1.54) is 7.11 Å². The van der Waals surface area contributed by atoms with Crippen LogP contribution in [0.25, 0.3) is 0 Å². The zero-order valence-electron chi connectivity index (χ0n) is 14.5. The number of nitrogens with one attached hydrogen (secondary N) is 2. The first-order chi connectivity index (χ1) is 12.4. The molecule has 0 bridgehead atoms. The maximum absolute atomic E-state index is 12.0. The highest BCUT2D eigenvalue weighted by Crippen LogP contribution is 2.25. The van der Waals surface area contributed by atoms with Crippen molar-refractivity contribution < 1.29 is 14.3 Å². The Morgan fingerprint density at radius 3 is 2.42 bits per heavy atom. The molecule has 0 saturated carbocycles. The number of carbonyl (C=O) groups is 2. The molecule has 1 amide bonds. The van der Waals surface area contributed by atoms with Crippen molar-refractivity contribution in [2.24, 2.45) is 0 Å². The third-order valence-corrected chi connectivity index (χ3v) is 4.42. The van der Waals surface area contributed by atoms with Crippen LogP contribution < -0.4 is 10.6 Å². The van der Waals surface area contributed by atoms with E-state index in [0.717, 1.165) is 11.1 Å². The number of hydrogen-bond donors (Lipinski definition) is 2. The summed E-state index contributed by atoms with van der Waals surface area (Å²) < 4.78 is 4.65. The van der Waals surface area contributed by atoms with E-state index in [2.05, 4.69) is 15.4 Å². The van der Waals surface area contributed by atoms with Gasteiger partial charge in [-0.1, -0.05) is 41.4 Å². The van der Waals surface area contributed by atoms with Gasteiger partial charge in [-0.25, -0.2) is 4.79 Å². The van der Waals surface area contributed by atoms with Crippen molar-refractivity contribution in [3.8, 4) is 0 Å². The summed E-state index contributed by atoms with van der Waals surface area (Å²) in [5, 5.41) is 7.08. The monoisotopic (exact) mass is 394 g/mol. The first-order valence-electron chi connectivity index (χ1n) is 8.03. The molecule has 138 valence electrons. The van der Waals surface area contributed by atoms with Crippen molar-refractivity contribution >= 4 is 35.1 Å². The molecule has 0 saturated heterocycles. The largest absolute Gasteiger partial charge is 0.465 e. The molecule has 0 aromatic heterocycles. The molecule has 0 aliphatic heterocycles. The summed E-state index contributed by atoms with van der Waals surface area (Å²) in [5.41, 5.74) is 2.24. The second-order valence-corrected chi connectivity index (χ2v) is 6.58. The van der Waals surface area contributed by atoms with E-state index in [-0.39, 0.29) is 24.5 Å². The average Bonchev–Trinajstić information content (AvgIpc) is 2.64. The summed E-state index contributed by atoms with van der Waals surface area (Å²) in [7, 11) is 1.34. The van der Waals surface area contributed by atoms with Crippen molar-refractivity contribution in [2.45, 2.75) is 19.5 Å². The van der Waals surface area contributed by atoms with Crippen LogP contribution in [0.5, 0.6) is 0 Å². The molecule has 2 N–H and O–H groups in total. The Labute approximate surface area is 162 Å². The summed E-state index contributed by atoms with van der Waals surface area (Å²) in [4.78, 5) is 23.4. The lowest BCUT2D eigenvalue weighted by Gasteiger charge is -2.16. The number of benzene rings is 2. The molecule has 0 radical (unpaired) electrons. The van der Waals surface area contributed by atoms with Crippen molar-refractivity contribution in [1.82, 2.24) is 10.6 Å². The molecule has 7 heteroatoms. The van der Waals surface area contributed by atoms with Crippen molar-refractivity contribution in [2.75, 3.05) is 13.7 Å². The molecule has 5 nitrogen and oxygen atoms in total. The fourth-order valence-corrected chi connectivity index (χ4v) is 2.92. The predicted molar refractivity (Wildman–Crippen MR) is 103 cm³/mol. The van der Waals surface area contributed by atoms with Gasteiger partial charge < -0.3 is 15.4 Å². The van der Waals surface area contributed by atoms with Gasteiger partial charge >= 0.3 is 5.97 Å². The van der Waals surface area contributed by atoms with Gasteiger partial charge in [0.25, 0.3) is 0 Å². The summed E-state index contributed by atoms with van der Waals surface area (Å²) in [6.45, 7) is 2.45. The second-order valence-electron chi connectivity index (χ2n) is 5.73. The smallest absolute Gasteiger partial charge is 0.337 e. The standard InChI is InChI=1S/C19H20Cl2N2O3/c1-12(16-8-7-15(20)9-17(16)21)22-11-18(24)23-10-13-3-5-14(6-4-13)19(25)26-2/h3-9,12,22H,10-11H2,1-2H3,(H,23,24)/t12-/m1/s1. The first-order valence-corrected chi connectivity index (χ1v) is 8.78. The summed E-state index contributed by atoms with van der Waals surface area (Å²) in [5.74, 6) is -0.529. The lowest BCUT2D eigenvalue weighted by molar-refractivity contribution is -0.120. The Kier molecular flexibility index (Phi) is 7.45. The number of halogens is 2. The van der Waals surface area contributed by atoms with Gasteiger partial charge in [0.05, 0.1) is 19.2 Å². The number of hydrogen-bond acceptors (Lipinski definition) is 4. The maximum Gasteiger partial charge on any atom is 0.337 e. The van der Waals surface area contributed by atoms with Gasteiger partial charge in [0, 0.05) is 22.6 Å². The molecule has 0 spiro atoms. The Bertz CT molecular complexity index is 779. The van der Waals surface area contributed by atoms with E-state index in [4.69, 9.17) is 23.2 Å². The number of amides is 1. The number of esters is 1. The van der Waals surface area contributed by atoms with E-state index in [1.54, 1.807) is 36.4 Å². The van der Waals surface area contributed by atoms with Crippen molar-refractivity contribution in [1.29, 1.82) is 0 Å². The Morgan fingerprint density at radius 1 is 1.12 bits per heavy atom. The molecule has 0 unspecified atom stereocenters. The minimum atomic E-state index is -0.389. The highest BCUT2D eigenvalue weighted by molar-refractivity contribution is 6.35. The Morgan fingerprint density at radius 2 is 1.81 bits per heavy atom. The van der Waals surface area contributed by atoms with Crippen LogP contribution in [0.15, 0.2) is 42.5 Å². The number of rotatable bonds is 7. The zero-order chi connectivity index (χ0) is 19.1. The molecule has 26 heavy (non-hydrogen) atoms. The van der Waals surface area contributed by atoms with Crippen LogP contribution >= 0.6 is 23.2 Å². The molecule has 0 aliphatic carbocycles. The van der Waals surface area contributed by atoms with E-state index < -0.39 is 0 Å². The average molecular weight is 395 g/mol. The fraction of sp³-hybridized carbons (Fsp3) is 0.263. The van der Waals surface area contributed by atoms with Crippen LogP contribution in [-0.2, 0) is 16.1 Å². The molecule has 1 atom stereocenters. The van der Waals surface area contributed by atoms with E-state index >= 15 is 0 Å². The maximum atomic E-state index is 12.0. The normalized spacial score (nSPS) is 11.7. The highest BCUT2D eigenvalue weighted by atomic mass is 35.5.